The van der Waals surface area contributed by atoms with Crippen molar-refractivity contribution >= 4 is 5.78 Å². The topological polar surface area (TPSA) is 55.1 Å². The summed E-state index contributed by atoms with van der Waals surface area (Å²) in [6.07, 6.45) is 18.8. The first-order valence-electron chi connectivity index (χ1n) is 12.9. The first-order chi connectivity index (χ1) is 15.5. The standard InChI is InChI=1S/C28H36N2O2/c1-27-11-9-22-21-10-13-28(32,12-8-19-2-3-19)16-20(21)4-5-23(22)24(27)6-7-25(27)26(31)17-30-15-14-29-18-30/h4,14-15,18-19,21-25,32H,2-3,5-7,9-11,13,16-17H2,1H3/t21-,22+,23+,24-,25+,27-,28-/m0/s1. The van der Waals surface area contributed by atoms with E-state index in [2.05, 4.69) is 29.8 Å². The van der Waals surface area contributed by atoms with Gasteiger partial charge in [-0.25, -0.2) is 4.98 Å². The van der Waals surface area contributed by atoms with Crippen molar-refractivity contribution in [3.05, 3.63) is 30.4 Å². The number of aromatic nitrogens is 2. The predicted molar refractivity (Wildman–Crippen MR) is 123 cm³/mol. The fraction of sp³-hybridized carbons (Fsp3) is 0.714. The maximum Gasteiger partial charge on any atom is 0.156 e. The van der Waals surface area contributed by atoms with Gasteiger partial charge in [0, 0.05) is 30.7 Å². The van der Waals surface area contributed by atoms with Crippen molar-refractivity contribution < 1.29 is 9.90 Å². The minimum absolute atomic E-state index is 0.148. The van der Waals surface area contributed by atoms with E-state index >= 15 is 0 Å². The van der Waals surface area contributed by atoms with Crippen LogP contribution in [0.25, 0.3) is 0 Å². The van der Waals surface area contributed by atoms with Gasteiger partial charge < -0.3 is 9.67 Å². The molecule has 1 N–H and O–H groups in total. The number of hydrogen-bond acceptors (Lipinski definition) is 3. The molecule has 5 aliphatic rings. The van der Waals surface area contributed by atoms with Gasteiger partial charge >= 0.3 is 0 Å². The highest BCUT2D eigenvalue weighted by molar-refractivity contribution is 5.82. The summed E-state index contributed by atoms with van der Waals surface area (Å²) in [5.41, 5.74) is 0.841. The van der Waals surface area contributed by atoms with E-state index in [9.17, 15) is 9.90 Å². The van der Waals surface area contributed by atoms with E-state index in [1.165, 1.54) is 37.7 Å². The maximum atomic E-state index is 13.2. The van der Waals surface area contributed by atoms with Gasteiger partial charge in [-0.3, -0.25) is 4.79 Å². The Morgan fingerprint density at radius 1 is 1.19 bits per heavy atom. The van der Waals surface area contributed by atoms with Crippen LogP contribution in [0.5, 0.6) is 0 Å². The van der Waals surface area contributed by atoms with Crippen LogP contribution in [0.4, 0.5) is 0 Å². The van der Waals surface area contributed by atoms with Gasteiger partial charge in [0.25, 0.3) is 0 Å². The third-order valence-corrected chi connectivity index (χ3v) is 9.88. The highest BCUT2D eigenvalue weighted by Crippen LogP contribution is 2.63. The lowest BCUT2D eigenvalue weighted by Crippen LogP contribution is -2.48. The fourth-order valence-electron chi connectivity index (χ4n) is 8.06. The van der Waals surface area contributed by atoms with Crippen LogP contribution in [0, 0.1) is 52.8 Å². The number of Topliss-reactive ketones (excluding diaryl/α,β-unsaturated/α-hetero) is 1. The number of imidazole rings is 1. The minimum Gasteiger partial charge on any atom is -0.377 e. The molecule has 0 amide bonds. The average molecular weight is 433 g/mol. The molecule has 5 aliphatic carbocycles. The first kappa shape index (κ1) is 20.7. The molecule has 1 aromatic rings. The molecule has 4 nitrogen and oxygen atoms in total. The molecule has 170 valence electrons. The number of hydrogen-bond donors (Lipinski definition) is 1. The molecule has 32 heavy (non-hydrogen) atoms. The first-order valence-corrected chi connectivity index (χ1v) is 12.9. The summed E-state index contributed by atoms with van der Waals surface area (Å²) >= 11 is 0. The highest BCUT2D eigenvalue weighted by atomic mass is 16.3. The lowest BCUT2D eigenvalue weighted by molar-refractivity contribution is -0.129. The molecule has 0 spiro atoms. The van der Waals surface area contributed by atoms with Crippen LogP contribution in [0.15, 0.2) is 30.4 Å². The number of carbonyl (C=O) groups excluding carboxylic acids is 1. The molecule has 7 atom stereocenters. The quantitative estimate of drug-likeness (QED) is 0.552. The van der Waals surface area contributed by atoms with Gasteiger partial charge in [-0.05, 0) is 86.9 Å². The normalized spacial score (nSPS) is 42.7. The summed E-state index contributed by atoms with van der Waals surface area (Å²) in [5.74, 6) is 10.4. The molecular weight excluding hydrogens is 396 g/mol. The summed E-state index contributed by atoms with van der Waals surface area (Å²) in [6, 6.07) is 0. The Hall–Kier alpha value is -1.86. The van der Waals surface area contributed by atoms with Crippen LogP contribution in [0.3, 0.4) is 0 Å². The van der Waals surface area contributed by atoms with Gasteiger partial charge in [-0.1, -0.05) is 30.4 Å². The van der Waals surface area contributed by atoms with E-state index in [1.54, 1.807) is 12.5 Å². The summed E-state index contributed by atoms with van der Waals surface area (Å²) in [4.78, 5) is 17.3. The molecule has 0 aliphatic heterocycles. The molecule has 4 heteroatoms. The SMILES string of the molecule is C[C@]12CC[C@H]3[C@@H](CC=C4C[C@](O)(C#CC5CC5)CC[C@@H]43)[C@@H]1CC[C@@H]2C(=O)Cn1ccnc1. The molecule has 1 heterocycles. The number of allylic oxidation sites excluding steroid dienone is 1. The highest BCUT2D eigenvalue weighted by Gasteiger charge is 2.57. The average Bonchev–Trinajstić information content (AvgIpc) is 3.34. The van der Waals surface area contributed by atoms with Crippen molar-refractivity contribution in [2.24, 2.45) is 40.9 Å². The maximum absolute atomic E-state index is 13.2. The molecule has 0 bridgehead atoms. The van der Waals surface area contributed by atoms with Crippen molar-refractivity contribution in [2.45, 2.75) is 83.3 Å². The Balaban J connectivity index is 1.18. The van der Waals surface area contributed by atoms with E-state index in [1.807, 2.05) is 10.8 Å². The van der Waals surface area contributed by atoms with Crippen molar-refractivity contribution in [1.29, 1.82) is 0 Å². The van der Waals surface area contributed by atoms with Crippen LogP contribution in [-0.4, -0.2) is 26.0 Å². The molecule has 6 rings (SSSR count). The van der Waals surface area contributed by atoms with E-state index in [0.29, 0.717) is 36.0 Å². The number of aliphatic hydroxyl groups is 1. The number of rotatable bonds is 3. The molecule has 1 aromatic heterocycles. The van der Waals surface area contributed by atoms with Crippen LogP contribution in [0.1, 0.15) is 71.1 Å². The van der Waals surface area contributed by atoms with Crippen LogP contribution < -0.4 is 0 Å². The second-order valence-electron chi connectivity index (χ2n) is 11.7. The Morgan fingerprint density at radius 3 is 2.84 bits per heavy atom. The van der Waals surface area contributed by atoms with Gasteiger partial charge in [0.05, 0.1) is 12.9 Å². The largest absolute Gasteiger partial charge is 0.377 e. The summed E-state index contributed by atoms with van der Waals surface area (Å²) in [7, 11) is 0. The lowest BCUT2D eigenvalue weighted by atomic mass is 9.51. The Kier molecular flexibility index (Phi) is 4.92. The zero-order valence-electron chi connectivity index (χ0n) is 19.3. The zero-order chi connectivity index (χ0) is 21.9. The minimum atomic E-state index is -0.793. The van der Waals surface area contributed by atoms with E-state index in [0.717, 1.165) is 38.0 Å². The molecular formula is C28H36N2O2. The molecule has 4 saturated carbocycles. The summed E-state index contributed by atoms with van der Waals surface area (Å²) in [5, 5.41) is 11.1. The van der Waals surface area contributed by atoms with Gasteiger partial charge in [0.1, 0.15) is 5.60 Å². The second kappa shape index (κ2) is 7.59. The second-order valence-corrected chi connectivity index (χ2v) is 11.7. The van der Waals surface area contributed by atoms with Gasteiger partial charge in [-0.2, -0.15) is 0 Å². The van der Waals surface area contributed by atoms with Gasteiger partial charge in [-0.15, -0.1) is 0 Å². The van der Waals surface area contributed by atoms with Crippen molar-refractivity contribution in [2.75, 3.05) is 0 Å². The van der Waals surface area contributed by atoms with Crippen LogP contribution >= 0.6 is 0 Å². The van der Waals surface area contributed by atoms with Crippen LogP contribution in [0.2, 0.25) is 0 Å². The Bertz CT molecular complexity index is 981. The zero-order valence-corrected chi connectivity index (χ0v) is 19.3. The third-order valence-electron chi connectivity index (χ3n) is 9.88. The Labute approximate surface area is 191 Å². The van der Waals surface area contributed by atoms with E-state index in [-0.39, 0.29) is 11.3 Å². The molecule has 0 unspecified atom stereocenters. The number of nitrogens with zero attached hydrogens (tertiary/aromatic N) is 2. The van der Waals surface area contributed by atoms with Crippen molar-refractivity contribution in [3.63, 3.8) is 0 Å². The monoisotopic (exact) mass is 432 g/mol. The molecule has 4 fully saturated rings. The number of carbonyl (C=O) groups is 1. The van der Waals surface area contributed by atoms with Gasteiger partial charge in [0.15, 0.2) is 5.78 Å². The Morgan fingerprint density at radius 2 is 2.06 bits per heavy atom. The van der Waals surface area contributed by atoms with Crippen molar-refractivity contribution in [3.8, 4) is 11.8 Å². The summed E-state index contributed by atoms with van der Waals surface area (Å²) in [6.45, 7) is 2.89. The van der Waals surface area contributed by atoms with Gasteiger partial charge in [0.2, 0.25) is 0 Å². The lowest BCUT2D eigenvalue weighted by Gasteiger charge is -2.54. The smallest absolute Gasteiger partial charge is 0.156 e. The molecule has 0 aromatic carbocycles. The number of fused-ring (bicyclic) bond motifs is 5. The van der Waals surface area contributed by atoms with E-state index in [4.69, 9.17) is 0 Å². The fourth-order valence-corrected chi connectivity index (χ4v) is 8.06. The number of ketones is 1. The third kappa shape index (κ3) is 3.48. The molecule has 0 saturated heterocycles. The van der Waals surface area contributed by atoms with Crippen molar-refractivity contribution in [1.82, 2.24) is 9.55 Å². The predicted octanol–water partition coefficient (Wildman–Crippen LogP) is 4.79. The van der Waals surface area contributed by atoms with Crippen LogP contribution in [-0.2, 0) is 11.3 Å². The molecule has 0 radical (unpaired) electrons. The summed E-state index contributed by atoms with van der Waals surface area (Å²) < 4.78 is 1.93. The van der Waals surface area contributed by atoms with E-state index < -0.39 is 5.60 Å².